The molecule has 4 aromatic carbocycles. The summed E-state index contributed by atoms with van der Waals surface area (Å²) in [7, 11) is 0. The van der Waals surface area contributed by atoms with E-state index in [1.165, 1.54) is 0 Å². The summed E-state index contributed by atoms with van der Waals surface area (Å²) in [6.07, 6.45) is 0. The molecule has 0 heterocycles. The fourth-order valence-electron chi connectivity index (χ4n) is 3.90. The summed E-state index contributed by atoms with van der Waals surface area (Å²) >= 11 is 11.7. The van der Waals surface area contributed by atoms with Crippen molar-refractivity contribution in [3.05, 3.63) is 126 Å². The number of rotatable bonds is 5. The Kier molecular flexibility index (Phi) is 7.40. The summed E-state index contributed by atoms with van der Waals surface area (Å²) in [5.41, 5.74) is 0.409. The maximum absolute atomic E-state index is 13.0. The van der Waals surface area contributed by atoms with Crippen LogP contribution in [0.3, 0.4) is 0 Å². The first-order chi connectivity index (χ1) is 16.6. The Morgan fingerprint density at radius 1 is 0.735 bits per heavy atom. The van der Waals surface area contributed by atoms with Crippen molar-refractivity contribution in [1.29, 1.82) is 5.26 Å². The number of hydrogen-bond donors (Lipinski definition) is 1. The van der Waals surface area contributed by atoms with Crippen LogP contribution < -0.4 is 21.2 Å². The smallest absolute Gasteiger partial charge is 0.256 e. The van der Waals surface area contributed by atoms with Gasteiger partial charge in [-0.05, 0) is 47.1 Å². The molecule has 3 nitrogen and oxygen atoms in total. The van der Waals surface area contributed by atoms with Crippen LogP contribution in [0.25, 0.3) is 0 Å². The standard InChI is InChI=1S/C28H20ClN2OPS/c29-22-18-16-21(17-19-22)27(32)31-28(34)26(20-30)33(23-10-4-1-5-11-23,24-12-6-2-7-13-24)25-14-8-3-9-15-25/h1-19H,(H,31,32,34). The van der Waals surface area contributed by atoms with Gasteiger partial charge in [-0.3, -0.25) is 4.79 Å². The van der Waals surface area contributed by atoms with E-state index in [2.05, 4.69) is 11.4 Å². The first-order valence-electron chi connectivity index (χ1n) is 10.5. The minimum atomic E-state index is -2.70. The molecule has 0 aliphatic heterocycles. The predicted molar refractivity (Wildman–Crippen MR) is 147 cm³/mol. The van der Waals surface area contributed by atoms with Gasteiger partial charge in [0.05, 0.1) is 5.29 Å². The Balaban J connectivity index is 2.00. The van der Waals surface area contributed by atoms with Crippen LogP contribution in [0.4, 0.5) is 0 Å². The molecule has 0 aromatic heterocycles. The number of nitrogens with zero attached hydrogens (tertiary/aromatic N) is 1. The van der Waals surface area contributed by atoms with E-state index in [1.54, 1.807) is 24.3 Å². The first-order valence-corrected chi connectivity index (χ1v) is 13.1. The predicted octanol–water partition coefficient (Wildman–Crippen LogP) is 5.09. The molecule has 166 valence electrons. The van der Waals surface area contributed by atoms with Gasteiger partial charge in [-0.15, -0.1) is 0 Å². The highest BCUT2D eigenvalue weighted by Gasteiger charge is 2.32. The number of benzene rings is 4. The van der Waals surface area contributed by atoms with Crippen LogP contribution in [0.2, 0.25) is 5.02 Å². The fraction of sp³-hybridized carbons (Fsp3) is 0. The molecule has 0 saturated heterocycles. The van der Waals surface area contributed by atoms with Gasteiger partial charge in [0.25, 0.3) is 5.91 Å². The molecule has 0 radical (unpaired) electrons. The van der Waals surface area contributed by atoms with Crippen molar-refractivity contribution in [3.8, 4) is 6.07 Å². The second-order valence-corrected chi connectivity index (χ2v) is 11.6. The number of nitriles is 1. The third-order valence-corrected chi connectivity index (χ3v) is 10.3. The van der Waals surface area contributed by atoms with Gasteiger partial charge >= 0.3 is 0 Å². The van der Waals surface area contributed by atoms with Crippen LogP contribution in [0.5, 0.6) is 0 Å². The topological polar surface area (TPSA) is 52.9 Å². The van der Waals surface area contributed by atoms with Gasteiger partial charge < -0.3 is 5.32 Å². The zero-order chi connectivity index (χ0) is 24.0. The molecule has 1 N–H and O–H groups in total. The molecule has 0 bridgehead atoms. The number of carbonyl (C=O) groups is 1. The number of halogens is 1. The van der Waals surface area contributed by atoms with E-state index in [9.17, 15) is 10.1 Å². The van der Waals surface area contributed by atoms with Crippen molar-refractivity contribution < 1.29 is 4.79 Å². The summed E-state index contributed by atoms with van der Waals surface area (Å²) in [4.78, 5) is 13.1. The van der Waals surface area contributed by atoms with E-state index in [-0.39, 0.29) is 10.9 Å². The molecule has 0 saturated carbocycles. The largest absolute Gasteiger partial charge is 0.312 e. The van der Waals surface area contributed by atoms with Crippen LogP contribution >= 0.6 is 30.7 Å². The van der Waals surface area contributed by atoms with Gasteiger partial charge in [-0.2, -0.15) is 5.26 Å². The fourth-order valence-corrected chi connectivity index (χ4v) is 8.62. The third-order valence-electron chi connectivity index (χ3n) is 5.42. The average molecular weight is 499 g/mol. The number of nitrogens with one attached hydrogen (secondary N) is 1. The Morgan fingerprint density at radius 2 is 1.15 bits per heavy atom. The lowest BCUT2D eigenvalue weighted by atomic mass is 10.2. The highest BCUT2D eigenvalue weighted by molar-refractivity contribution is 7.99. The summed E-state index contributed by atoms with van der Waals surface area (Å²) < 4.78 is 0. The summed E-state index contributed by atoms with van der Waals surface area (Å²) in [5, 5.41) is 17.2. The third kappa shape index (κ3) is 4.60. The molecule has 0 fully saturated rings. The molecule has 0 aliphatic carbocycles. The van der Waals surface area contributed by atoms with Crippen molar-refractivity contribution in [2.75, 3.05) is 0 Å². The average Bonchev–Trinajstić information content (AvgIpc) is 2.89. The van der Waals surface area contributed by atoms with Crippen molar-refractivity contribution in [1.82, 2.24) is 5.32 Å². The number of carbonyl (C=O) groups excluding carboxylic acids is 1. The number of hydrogen-bond acceptors (Lipinski definition) is 3. The van der Waals surface area contributed by atoms with Crippen LogP contribution in [0, 0.1) is 11.3 Å². The van der Waals surface area contributed by atoms with Gasteiger partial charge in [0, 0.05) is 10.6 Å². The molecular weight excluding hydrogens is 479 g/mol. The zero-order valence-corrected chi connectivity index (χ0v) is 20.5. The Hall–Kier alpha value is -3.48. The summed E-state index contributed by atoms with van der Waals surface area (Å²) in [6, 6.07) is 38.7. The van der Waals surface area contributed by atoms with Crippen molar-refractivity contribution in [3.63, 3.8) is 0 Å². The quantitative estimate of drug-likeness (QED) is 0.308. The number of amides is 1. The zero-order valence-electron chi connectivity index (χ0n) is 18.1. The second-order valence-electron chi connectivity index (χ2n) is 7.43. The van der Waals surface area contributed by atoms with Crippen LogP contribution in [-0.4, -0.2) is 16.2 Å². The lowest BCUT2D eigenvalue weighted by molar-refractivity contribution is 0.0978. The van der Waals surface area contributed by atoms with Crippen molar-refractivity contribution in [2.45, 2.75) is 0 Å². The SMILES string of the molecule is N#CC(C(=S)NC(=O)c1ccc(Cl)cc1)=P(c1ccccc1)(c1ccccc1)c1ccccc1. The minimum absolute atomic E-state index is 0.118. The maximum atomic E-state index is 13.0. The van der Waals surface area contributed by atoms with Gasteiger partial charge in [-0.1, -0.05) is 115 Å². The van der Waals surface area contributed by atoms with E-state index in [0.29, 0.717) is 15.9 Å². The van der Waals surface area contributed by atoms with Gasteiger partial charge in [0.15, 0.2) is 0 Å². The van der Waals surface area contributed by atoms with E-state index in [1.807, 2.05) is 91.0 Å². The van der Waals surface area contributed by atoms with Crippen LogP contribution in [0.15, 0.2) is 115 Å². The molecule has 4 aromatic rings. The van der Waals surface area contributed by atoms with Crippen LogP contribution in [-0.2, 0) is 0 Å². The lowest BCUT2D eigenvalue weighted by Gasteiger charge is -2.30. The highest BCUT2D eigenvalue weighted by Crippen LogP contribution is 2.46. The molecule has 0 atom stereocenters. The summed E-state index contributed by atoms with van der Waals surface area (Å²) in [6.45, 7) is -2.70. The molecule has 1 amide bonds. The van der Waals surface area contributed by atoms with E-state index < -0.39 is 6.89 Å². The lowest BCUT2D eigenvalue weighted by Crippen LogP contribution is -2.39. The van der Waals surface area contributed by atoms with E-state index >= 15 is 0 Å². The van der Waals surface area contributed by atoms with E-state index in [0.717, 1.165) is 15.9 Å². The first kappa shape index (κ1) is 23.7. The second kappa shape index (κ2) is 10.6. The van der Waals surface area contributed by atoms with Crippen LogP contribution in [0.1, 0.15) is 10.4 Å². The molecule has 0 aliphatic rings. The van der Waals surface area contributed by atoms with Crippen molar-refractivity contribution in [2.24, 2.45) is 0 Å². The van der Waals surface area contributed by atoms with Gasteiger partial charge in [0.1, 0.15) is 11.1 Å². The van der Waals surface area contributed by atoms with Gasteiger partial charge in [0.2, 0.25) is 0 Å². The maximum Gasteiger partial charge on any atom is 0.256 e. The normalized spacial score (nSPS) is 10.7. The highest BCUT2D eigenvalue weighted by atomic mass is 35.5. The Labute approximate surface area is 209 Å². The number of thiocarbonyl (C=S) groups is 1. The molecule has 4 rings (SSSR count). The molecule has 0 spiro atoms. The molecule has 34 heavy (non-hydrogen) atoms. The van der Waals surface area contributed by atoms with E-state index in [4.69, 9.17) is 23.8 Å². The summed E-state index contributed by atoms with van der Waals surface area (Å²) in [5.74, 6) is -0.387. The molecule has 6 heteroatoms. The Morgan fingerprint density at radius 3 is 1.53 bits per heavy atom. The van der Waals surface area contributed by atoms with Crippen molar-refractivity contribution >= 4 is 62.8 Å². The van der Waals surface area contributed by atoms with Gasteiger partial charge in [-0.25, -0.2) is 0 Å². The molecule has 0 unspecified atom stereocenters. The molecular formula is C28H20ClN2OPS. The Bertz CT molecular complexity index is 1310. The monoisotopic (exact) mass is 498 g/mol. The minimum Gasteiger partial charge on any atom is -0.312 e.